The highest BCUT2D eigenvalue weighted by molar-refractivity contribution is 7.85. The first-order chi connectivity index (χ1) is 43.0. The molecule has 6 aromatic rings. The van der Waals surface area contributed by atoms with Crippen LogP contribution in [-0.2, 0) is 55.0 Å². The Kier molecular flexibility index (Phi) is 21.9. The monoisotopic (exact) mass is 1230 g/mol. The fraction of sp³-hybridized carbons (Fsp3) is 0.333. The first kappa shape index (κ1) is 64.8. The summed E-state index contributed by atoms with van der Waals surface area (Å²) in [5.74, 6) is -1.64. The van der Waals surface area contributed by atoms with Gasteiger partial charge in [0.2, 0.25) is 17.7 Å². The number of hydrogen-bond acceptors (Lipinski definition) is 12. The van der Waals surface area contributed by atoms with E-state index in [2.05, 4.69) is 28.2 Å². The number of aromatic nitrogens is 1. The summed E-state index contributed by atoms with van der Waals surface area (Å²) in [5.41, 5.74) is 9.89. The highest BCUT2D eigenvalue weighted by Crippen LogP contribution is 2.39. The molecule has 464 valence electrons. The lowest BCUT2D eigenvalue weighted by Crippen LogP contribution is -2.50. The number of carbonyl (C=O) groups excluding carboxylic acids is 5. The number of fused-ring (bicyclic) bond motifs is 3. The second kappa shape index (κ2) is 30.0. The van der Waals surface area contributed by atoms with Gasteiger partial charge >= 0.3 is 14.4 Å². The Hall–Kier alpha value is -8.63. The standard InChI is InChI=1S/C66H73B2FN6O13S/c1-5-6-15-48-38-56(44-24-29-51(85-2)30-25-44)74-58(48)40-59-49(39-57(75(59)68(74)69)45-26-31-52(86-3)32-27-45)28-33-61(77)73-55(42-89(82,83)84)66(80)71-34-13-12-19-60(76)70-35-36-72-65(79)53-37-50(64(87-4)62-54(53)41-88-67(62)81)18-11-10-14-43-20-22-47(23-21-43)63(78)46-16-8-7-9-17-46/h7-9,16-17,20-27,29-32,37-40,55,81H,5-6,10-15,18-19,28,33-36,41-42H2,1-4H3,(H4-,70,71,72,73,76,77,79,80,82,83,84)/p+1. The molecule has 23 heteroatoms. The molecular formula is C66H74B2FN6O13S+. The summed E-state index contributed by atoms with van der Waals surface area (Å²) < 4.78 is 77.1. The molecule has 0 radical (unpaired) electrons. The predicted octanol–water partition coefficient (Wildman–Crippen LogP) is 7.12. The molecule has 1 aromatic heterocycles. The molecular weight excluding hydrogens is 1160 g/mol. The van der Waals surface area contributed by atoms with Crippen LogP contribution in [0.2, 0.25) is 0 Å². The van der Waals surface area contributed by atoms with Crippen molar-refractivity contribution in [3.05, 3.63) is 183 Å². The maximum Gasteiger partial charge on any atom is 0.846 e. The number of hydrogen-bond donors (Lipinski definition) is 6. The Morgan fingerprint density at radius 1 is 0.708 bits per heavy atom. The number of unbranched alkanes of at least 4 members (excludes halogenated alkanes) is 3. The van der Waals surface area contributed by atoms with Crippen LogP contribution in [0, 0.1) is 0 Å². The second-order valence-electron chi connectivity index (χ2n) is 22.1. The number of aryl methyl sites for hydroxylation is 3. The molecule has 19 nitrogen and oxygen atoms in total. The van der Waals surface area contributed by atoms with Crippen molar-refractivity contribution < 1.29 is 69.6 Å². The molecule has 4 amide bonds. The topological polar surface area (TPSA) is 253 Å². The van der Waals surface area contributed by atoms with Crippen molar-refractivity contribution in [1.29, 1.82) is 0 Å². The smallest absolute Gasteiger partial charge is 0.497 e. The quantitative estimate of drug-likeness (QED) is 0.0110. The normalized spacial score (nSPS) is 13.6. The van der Waals surface area contributed by atoms with Crippen LogP contribution in [0.25, 0.3) is 17.3 Å². The van der Waals surface area contributed by atoms with Gasteiger partial charge < -0.3 is 45.2 Å². The van der Waals surface area contributed by atoms with Crippen LogP contribution in [0.3, 0.4) is 0 Å². The molecule has 6 N–H and O–H groups in total. The van der Waals surface area contributed by atoms with Crippen molar-refractivity contribution in [2.45, 2.75) is 96.6 Å². The zero-order chi connectivity index (χ0) is 63.2. The summed E-state index contributed by atoms with van der Waals surface area (Å²) in [7, 11) is -3.07. The van der Waals surface area contributed by atoms with Crippen molar-refractivity contribution >= 4 is 71.2 Å². The first-order valence-corrected chi connectivity index (χ1v) is 31.6. The Balaban J connectivity index is 0.747. The van der Waals surface area contributed by atoms with Gasteiger partial charge in [-0.15, -0.1) is 0 Å². The van der Waals surface area contributed by atoms with E-state index in [0.29, 0.717) is 105 Å². The number of carbonyl (C=O) groups is 5. The molecule has 3 aliphatic rings. The molecule has 3 aliphatic heterocycles. The lowest BCUT2D eigenvalue weighted by atomic mass is 9.75. The maximum absolute atomic E-state index is 17.6. The Morgan fingerprint density at radius 3 is 2.04 bits per heavy atom. The highest BCUT2D eigenvalue weighted by Gasteiger charge is 2.51. The number of ether oxygens (including phenoxy) is 3. The summed E-state index contributed by atoms with van der Waals surface area (Å²) >= 11 is 0. The van der Waals surface area contributed by atoms with E-state index in [-0.39, 0.29) is 57.2 Å². The summed E-state index contributed by atoms with van der Waals surface area (Å²) in [6.07, 6.45) is 9.70. The van der Waals surface area contributed by atoms with Gasteiger partial charge in [-0.05, 0) is 146 Å². The zero-order valence-electron chi connectivity index (χ0n) is 50.4. The van der Waals surface area contributed by atoms with Crippen molar-refractivity contribution in [2.75, 3.05) is 46.7 Å². The number of halogens is 1. The van der Waals surface area contributed by atoms with E-state index in [0.717, 1.165) is 54.4 Å². The molecule has 0 fully saturated rings. The molecule has 9 rings (SSSR count). The van der Waals surface area contributed by atoms with E-state index < -0.39 is 54.0 Å². The highest BCUT2D eigenvalue weighted by atomic mass is 32.2. The van der Waals surface area contributed by atoms with Gasteiger partial charge in [-0.3, -0.25) is 33.0 Å². The molecule has 0 saturated heterocycles. The average molecular weight is 1230 g/mol. The third kappa shape index (κ3) is 16.0. The third-order valence-electron chi connectivity index (χ3n) is 16.1. The van der Waals surface area contributed by atoms with Crippen LogP contribution in [0.4, 0.5) is 4.32 Å². The first-order valence-electron chi connectivity index (χ1n) is 30.0. The van der Waals surface area contributed by atoms with E-state index >= 15 is 4.32 Å². The minimum atomic E-state index is -4.75. The predicted molar refractivity (Wildman–Crippen MR) is 339 cm³/mol. The van der Waals surface area contributed by atoms with Crippen molar-refractivity contribution in [3.63, 3.8) is 0 Å². The molecule has 4 heterocycles. The molecule has 1 atom stereocenters. The number of allylic oxidation sites excluding steroid dienone is 2. The SMILES string of the molecule is CCCCc1cc(-c2ccc(OC)cc2)n2c1C=C1C(CCC(=O)NC(CS(=O)(=O)O)C(=O)NCCCCC(=O)NCCNC(=O)c3cc(CCCCc4ccc(C(=O)c5ccccc5)cc4)c(OC)c4c3COB4O)=CC(c3ccc(OC)cc3)=[N+]1B2F. The lowest BCUT2D eigenvalue weighted by Gasteiger charge is -2.19. The van der Waals surface area contributed by atoms with Gasteiger partial charge in [-0.2, -0.15) is 8.42 Å². The summed E-state index contributed by atoms with van der Waals surface area (Å²) in [6.45, 7) is 2.31. The molecule has 0 bridgehead atoms. The zero-order valence-corrected chi connectivity index (χ0v) is 51.3. The molecule has 0 saturated carbocycles. The fourth-order valence-electron chi connectivity index (χ4n) is 11.5. The summed E-state index contributed by atoms with van der Waals surface area (Å²) in [4.78, 5) is 66.5. The average Bonchev–Trinajstić information content (AvgIpc) is 1.61. The summed E-state index contributed by atoms with van der Waals surface area (Å²) in [6, 6.07) is 33.5. The van der Waals surface area contributed by atoms with Gasteiger partial charge in [0.1, 0.15) is 29.0 Å². The van der Waals surface area contributed by atoms with Gasteiger partial charge in [-0.25, -0.2) is 8.80 Å². The van der Waals surface area contributed by atoms with E-state index in [1.165, 1.54) is 7.11 Å². The third-order valence-corrected chi connectivity index (χ3v) is 16.9. The van der Waals surface area contributed by atoms with Gasteiger partial charge in [-0.1, -0.05) is 67.9 Å². The molecule has 89 heavy (non-hydrogen) atoms. The number of amides is 4. The van der Waals surface area contributed by atoms with Crippen LogP contribution in [0.1, 0.15) is 125 Å². The van der Waals surface area contributed by atoms with E-state index in [4.69, 9.17) is 18.9 Å². The van der Waals surface area contributed by atoms with Gasteiger partial charge in [0.05, 0.1) is 27.9 Å². The number of rotatable bonds is 31. The number of benzene rings is 5. The number of methoxy groups -OCH3 is 3. The van der Waals surface area contributed by atoms with E-state index in [1.54, 1.807) is 53.5 Å². The summed E-state index contributed by atoms with van der Waals surface area (Å²) in [5, 5.41) is 21.5. The van der Waals surface area contributed by atoms with Crippen LogP contribution in [0.5, 0.6) is 17.2 Å². The van der Waals surface area contributed by atoms with Gasteiger partial charge in [0, 0.05) is 89.3 Å². The largest absolute Gasteiger partial charge is 0.846 e. The van der Waals surface area contributed by atoms with Gasteiger partial charge in [0.25, 0.3) is 16.0 Å². The van der Waals surface area contributed by atoms with Gasteiger partial charge in [0.15, 0.2) is 17.2 Å². The second-order valence-corrected chi connectivity index (χ2v) is 23.6. The van der Waals surface area contributed by atoms with Crippen molar-refractivity contribution in [3.8, 4) is 28.5 Å². The molecule has 0 aliphatic carbocycles. The Labute approximate surface area is 518 Å². The number of ketones is 1. The van der Waals surface area contributed by atoms with Crippen LogP contribution >= 0.6 is 0 Å². The molecule has 5 aromatic carbocycles. The fourth-order valence-corrected chi connectivity index (χ4v) is 12.1. The van der Waals surface area contributed by atoms with Crippen molar-refractivity contribution in [2.24, 2.45) is 0 Å². The van der Waals surface area contributed by atoms with Crippen LogP contribution < -0.4 is 40.9 Å². The number of nitrogens with zero attached hydrogens (tertiary/aromatic N) is 2. The Morgan fingerprint density at radius 2 is 1.37 bits per heavy atom. The van der Waals surface area contributed by atoms with E-state index in [1.807, 2.05) is 97.1 Å². The molecule has 0 spiro atoms. The minimum absolute atomic E-state index is 0.00422. The van der Waals surface area contributed by atoms with Crippen molar-refractivity contribution in [1.82, 2.24) is 25.7 Å². The Bertz CT molecular complexity index is 3780. The maximum atomic E-state index is 17.6. The lowest BCUT2D eigenvalue weighted by molar-refractivity contribution is -0.335. The molecule has 1 unspecified atom stereocenters. The number of nitrogens with one attached hydrogen (secondary N) is 4. The van der Waals surface area contributed by atoms with Crippen LogP contribution in [-0.4, -0.2) is 129 Å². The van der Waals surface area contributed by atoms with Crippen LogP contribution in [0.15, 0.2) is 133 Å². The minimum Gasteiger partial charge on any atom is -0.497 e. The van der Waals surface area contributed by atoms with E-state index in [9.17, 15) is 42.0 Å².